The SMILES string of the molecule is Cc1ccc(OC(=O)c2ccc(C(C)OC(F)(F)F)cc2)cc1. The van der Waals surface area contributed by atoms with Crippen LogP contribution in [0.1, 0.15) is 34.5 Å². The Bertz CT molecular complexity index is 661. The molecule has 2 aromatic carbocycles. The molecule has 0 saturated carbocycles. The number of hydrogen-bond donors (Lipinski definition) is 0. The Labute approximate surface area is 131 Å². The second kappa shape index (κ2) is 6.83. The van der Waals surface area contributed by atoms with Crippen molar-refractivity contribution in [3.05, 3.63) is 65.2 Å². The topological polar surface area (TPSA) is 35.5 Å². The number of benzene rings is 2. The number of rotatable bonds is 4. The van der Waals surface area contributed by atoms with E-state index in [1.165, 1.54) is 31.2 Å². The number of ether oxygens (including phenoxy) is 2. The lowest BCUT2D eigenvalue weighted by Gasteiger charge is -2.15. The molecule has 23 heavy (non-hydrogen) atoms. The standard InChI is InChI=1S/C17H15F3O3/c1-11-3-9-15(10-4-11)22-16(21)14-7-5-13(6-8-14)12(2)23-17(18,19)20/h3-10,12H,1-2H3. The lowest BCUT2D eigenvalue weighted by molar-refractivity contribution is -0.342. The second-order valence-corrected chi connectivity index (χ2v) is 5.03. The number of carbonyl (C=O) groups excluding carboxylic acids is 1. The Morgan fingerprint density at radius 1 is 1.00 bits per heavy atom. The van der Waals surface area contributed by atoms with Gasteiger partial charge in [-0.2, -0.15) is 0 Å². The van der Waals surface area contributed by atoms with Crippen LogP contribution < -0.4 is 4.74 Å². The van der Waals surface area contributed by atoms with Gasteiger partial charge in [0.1, 0.15) is 5.75 Å². The highest BCUT2D eigenvalue weighted by atomic mass is 19.4. The molecule has 1 atom stereocenters. The molecule has 0 heterocycles. The summed E-state index contributed by atoms with van der Waals surface area (Å²) in [6.07, 6.45) is -5.86. The monoisotopic (exact) mass is 324 g/mol. The lowest BCUT2D eigenvalue weighted by Crippen LogP contribution is -2.16. The van der Waals surface area contributed by atoms with Gasteiger partial charge in [0.2, 0.25) is 0 Å². The molecule has 3 nitrogen and oxygen atoms in total. The van der Waals surface area contributed by atoms with E-state index in [2.05, 4.69) is 4.74 Å². The molecule has 0 spiro atoms. The van der Waals surface area contributed by atoms with Crippen LogP contribution in [0.3, 0.4) is 0 Å². The van der Waals surface area contributed by atoms with E-state index in [4.69, 9.17) is 4.74 Å². The van der Waals surface area contributed by atoms with Crippen LogP contribution in [0, 0.1) is 6.92 Å². The first kappa shape index (κ1) is 17.0. The molecular formula is C17H15F3O3. The van der Waals surface area contributed by atoms with Gasteiger partial charge in [0, 0.05) is 0 Å². The van der Waals surface area contributed by atoms with Gasteiger partial charge in [-0.1, -0.05) is 29.8 Å². The van der Waals surface area contributed by atoms with Gasteiger partial charge in [-0.3, -0.25) is 4.74 Å². The molecule has 0 aliphatic carbocycles. The van der Waals surface area contributed by atoms with Gasteiger partial charge in [-0.15, -0.1) is 13.2 Å². The Hall–Kier alpha value is -2.34. The molecule has 0 fully saturated rings. The Morgan fingerprint density at radius 3 is 2.09 bits per heavy atom. The quantitative estimate of drug-likeness (QED) is 0.598. The lowest BCUT2D eigenvalue weighted by atomic mass is 10.1. The fraction of sp³-hybridized carbons (Fsp3) is 0.235. The Balaban J connectivity index is 2.04. The van der Waals surface area contributed by atoms with Gasteiger partial charge in [0.25, 0.3) is 0 Å². The van der Waals surface area contributed by atoms with Gasteiger partial charge in [-0.05, 0) is 43.7 Å². The molecule has 0 bridgehead atoms. The zero-order valence-corrected chi connectivity index (χ0v) is 12.6. The van der Waals surface area contributed by atoms with E-state index in [9.17, 15) is 18.0 Å². The van der Waals surface area contributed by atoms with Gasteiger partial charge < -0.3 is 4.74 Å². The first-order chi connectivity index (χ1) is 10.7. The smallest absolute Gasteiger partial charge is 0.423 e. The highest BCUT2D eigenvalue weighted by Crippen LogP contribution is 2.27. The summed E-state index contributed by atoms with van der Waals surface area (Å²) in [4.78, 5) is 12.0. The molecule has 0 amide bonds. The highest BCUT2D eigenvalue weighted by molar-refractivity contribution is 5.91. The van der Waals surface area contributed by atoms with E-state index in [1.807, 2.05) is 19.1 Å². The van der Waals surface area contributed by atoms with Gasteiger partial charge in [-0.25, -0.2) is 4.79 Å². The summed E-state index contributed by atoms with van der Waals surface area (Å²) in [5.74, 6) is -0.178. The molecule has 1 unspecified atom stereocenters. The summed E-state index contributed by atoms with van der Waals surface area (Å²) >= 11 is 0. The molecule has 0 radical (unpaired) electrons. The van der Waals surface area contributed by atoms with E-state index < -0.39 is 18.4 Å². The maximum atomic E-state index is 12.2. The summed E-state index contributed by atoms with van der Waals surface area (Å²) in [6, 6.07) is 12.6. The van der Waals surface area contributed by atoms with Crippen molar-refractivity contribution in [3.63, 3.8) is 0 Å². The summed E-state index contributed by atoms with van der Waals surface area (Å²) in [5.41, 5.74) is 1.59. The summed E-state index contributed by atoms with van der Waals surface area (Å²) in [7, 11) is 0. The van der Waals surface area contributed by atoms with Crippen molar-refractivity contribution in [2.75, 3.05) is 0 Å². The zero-order valence-electron chi connectivity index (χ0n) is 12.6. The van der Waals surface area contributed by atoms with Crippen molar-refractivity contribution in [2.24, 2.45) is 0 Å². The fourth-order valence-corrected chi connectivity index (χ4v) is 1.93. The minimum Gasteiger partial charge on any atom is -0.423 e. The van der Waals surface area contributed by atoms with E-state index in [-0.39, 0.29) is 5.56 Å². The Kier molecular flexibility index (Phi) is 5.05. The molecule has 0 saturated heterocycles. The normalized spacial score (nSPS) is 12.7. The van der Waals surface area contributed by atoms with Crippen LogP contribution >= 0.6 is 0 Å². The van der Waals surface area contributed by atoms with Crippen LogP contribution in [0.15, 0.2) is 48.5 Å². The molecular weight excluding hydrogens is 309 g/mol. The molecule has 0 aliphatic rings. The zero-order chi connectivity index (χ0) is 17.0. The number of esters is 1. The van der Waals surface area contributed by atoms with Crippen LogP contribution in [0.4, 0.5) is 13.2 Å². The van der Waals surface area contributed by atoms with E-state index >= 15 is 0 Å². The fourth-order valence-electron chi connectivity index (χ4n) is 1.93. The predicted molar refractivity (Wildman–Crippen MR) is 78.1 cm³/mol. The van der Waals surface area contributed by atoms with Crippen molar-refractivity contribution >= 4 is 5.97 Å². The number of alkyl halides is 3. The maximum Gasteiger partial charge on any atom is 0.523 e. The third-order valence-corrected chi connectivity index (χ3v) is 3.16. The minimum atomic E-state index is -4.71. The van der Waals surface area contributed by atoms with Gasteiger partial charge >= 0.3 is 12.3 Å². The third-order valence-electron chi connectivity index (χ3n) is 3.16. The van der Waals surface area contributed by atoms with E-state index in [1.54, 1.807) is 12.1 Å². The largest absolute Gasteiger partial charge is 0.523 e. The van der Waals surface area contributed by atoms with Gasteiger partial charge in [0.15, 0.2) is 0 Å². The summed E-state index contributed by atoms with van der Waals surface area (Å²) < 4.78 is 45.6. The highest BCUT2D eigenvalue weighted by Gasteiger charge is 2.32. The van der Waals surface area contributed by atoms with Crippen LogP contribution in [0.2, 0.25) is 0 Å². The first-order valence-electron chi connectivity index (χ1n) is 6.88. The predicted octanol–water partition coefficient (Wildman–Crippen LogP) is 4.81. The molecule has 6 heteroatoms. The molecule has 0 aliphatic heterocycles. The number of halogens is 3. The third kappa shape index (κ3) is 5.10. The minimum absolute atomic E-state index is 0.244. The van der Waals surface area contributed by atoms with Gasteiger partial charge in [0.05, 0.1) is 11.7 Å². The Morgan fingerprint density at radius 2 is 1.57 bits per heavy atom. The van der Waals surface area contributed by atoms with Crippen molar-refractivity contribution in [1.29, 1.82) is 0 Å². The van der Waals surface area contributed by atoms with E-state index in [0.29, 0.717) is 11.3 Å². The van der Waals surface area contributed by atoms with Crippen LogP contribution in [-0.4, -0.2) is 12.3 Å². The number of carbonyl (C=O) groups is 1. The van der Waals surface area contributed by atoms with Crippen molar-refractivity contribution in [1.82, 2.24) is 0 Å². The van der Waals surface area contributed by atoms with Crippen LogP contribution in [-0.2, 0) is 4.74 Å². The average molecular weight is 324 g/mol. The van der Waals surface area contributed by atoms with Crippen molar-refractivity contribution in [2.45, 2.75) is 26.3 Å². The van der Waals surface area contributed by atoms with E-state index in [0.717, 1.165) is 5.56 Å². The average Bonchev–Trinajstić information content (AvgIpc) is 2.48. The molecule has 0 N–H and O–H groups in total. The summed E-state index contributed by atoms with van der Waals surface area (Å²) in [6.45, 7) is 3.20. The second-order valence-electron chi connectivity index (χ2n) is 5.03. The first-order valence-corrected chi connectivity index (χ1v) is 6.88. The molecule has 2 aromatic rings. The van der Waals surface area contributed by atoms with Crippen LogP contribution in [0.5, 0.6) is 5.75 Å². The molecule has 122 valence electrons. The summed E-state index contributed by atoms with van der Waals surface area (Å²) in [5, 5.41) is 0. The van der Waals surface area contributed by atoms with Crippen LogP contribution in [0.25, 0.3) is 0 Å². The van der Waals surface area contributed by atoms with Crippen molar-refractivity contribution < 1.29 is 27.4 Å². The number of aryl methyl sites for hydroxylation is 1. The number of hydrogen-bond acceptors (Lipinski definition) is 3. The maximum absolute atomic E-state index is 12.2. The van der Waals surface area contributed by atoms with Crippen molar-refractivity contribution in [3.8, 4) is 5.75 Å². The molecule has 0 aromatic heterocycles. The molecule has 2 rings (SSSR count).